The van der Waals surface area contributed by atoms with Gasteiger partial charge in [0.15, 0.2) is 17.5 Å². The molecular formula is C18H19F3N2O. The summed E-state index contributed by atoms with van der Waals surface area (Å²) in [6, 6.07) is 8.97. The molecule has 0 spiro atoms. The summed E-state index contributed by atoms with van der Waals surface area (Å²) in [4.78, 5) is 14.0. The van der Waals surface area contributed by atoms with Gasteiger partial charge < -0.3 is 5.32 Å². The Kier molecular flexibility index (Phi) is 5.62. The van der Waals surface area contributed by atoms with Gasteiger partial charge in [-0.1, -0.05) is 24.3 Å². The van der Waals surface area contributed by atoms with Crippen molar-refractivity contribution in [2.75, 3.05) is 12.4 Å². The lowest BCUT2D eigenvalue weighted by atomic mass is 10.1. The zero-order valence-corrected chi connectivity index (χ0v) is 13.7. The van der Waals surface area contributed by atoms with E-state index in [1.165, 1.54) is 0 Å². The minimum atomic E-state index is -1.60. The molecule has 1 N–H and O–H groups in total. The highest BCUT2D eigenvalue weighted by Crippen LogP contribution is 2.20. The van der Waals surface area contributed by atoms with Crippen LogP contribution in [-0.4, -0.2) is 23.9 Å². The molecule has 3 nitrogen and oxygen atoms in total. The van der Waals surface area contributed by atoms with E-state index < -0.39 is 29.4 Å². The Bertz CT molecular complexity index is 749. The molecule has 0 aliphatic rings. The minimum Gasteiger partial charge on any atom is -0.322 e. The van der Waals surface area contributed by atoms with Crippen LogP contribution in [0.1, 0.15) is 18.1 Å². The molecule has 0 unspecified atom stereocenters. The third-order valence-electron chi connectivity index (χ3n) is 4.01. The predicted molar refractivity (Wildman–Crippen MR) is 87.1 cm³/mol. The van der Waals surface area contributed by atoms with Gasteiger partial charge in [-0.25, -0.2) is 13.2 Å². The topological polar surface area (TPSA) is 32.3 Å². The number of nitrogens with zero attached hydrogens (tertiary/aromatic N) is 1. The van der Waals surface area contributed by atoms with Gasteiger partial charge in [-0.05, 0) is 44.2 Å². The van der Waals surface area contributed by atoms with Gasteiger partial charge in [0.2, 0.25) is 5.91 Å². The lowest BCUT2D eigenvalue weighted by Crippen LogP contribution is -2.39. The third-order valence-corrected chi connectivity index (χ3v) is 4.01. The van der Waals surface area contributed by atoms with E-state index in [-0.39, 0.29) is 5.69 Å². The fourth-order valence-corrected chi connectivity index (χ4v) is 2.25. The van der Waals surface area contributed by atoms with Crippen molar-refractivity contribution in [2.24, 2.45) is 0 Å². The minimum absolute atomic E-state index is 0.380. The number of carbonyl (C=O) groups is 1. The van der Waals surface area contributed by atoms with Crippen LogP contribution in [0.3, 0.4) is 0 Å². The van der Waals surface area contributed by atoms with Crippen molar-refractivity contribution < 1.29 is 18.0 Å². The van der Waals surface area contributed by atoms with E-state index in [0.29, 0.717) is 6.54 Å². The van der Waals surface area contributed by atoms with E-state index in [1.54, 1.807) is 18.9 Å². The molecule has 1 atom stereocenters. The number of hydrogen-bond acceptors (Lipinski definition) is 2. The fraction of sp³-hybridized carbons (Fsp3) is 0.278. The number of aryl methyl sites for hydroxylation is 1. The van der Waals surface area contributed by atoms with E-state index in [2.05, 4.69) is 5.32 Å². The van der Waals surface area contributed by atoms with E-state index in [4.69, 9.17) is 0 Å². The Balaban J connectivity index is 2.07. The molecule has 24 heavy (non-hydrogen) atoms. The number of anilines is 1. The monoisotopic (exact) mass is 336 g/mol. The molecular weight excluding hydrogens is 317 g/mol. The van der Waals surface area contributed by atoms with Gasteiger partial charge in [0.05, 0.1) is 11.7 Å². The summed E-state index contributed by atoms with van der Waals surface area (Å²) in [5, 5.41) is 2.30. The van der Waals surface area contributed by atoms with Gasteiger partial charge in [-0.15, -0.1) is 0 Å². The van der Waals surface area contributed by atoms with Crippen LogP contribution >= 0.6 is 0 Å². The Morgan fingerprint density at radius 2 is 1.79 bits per heavy atom. The summed E-state index contributed by atoms with van der Waals surface area (Å²) in [7, 11) is 1.76. The smallest absolute Gasteiger partial charge is 0.241 e. The summed E-state index contributed by atoms with van der Waals surface area (Å²) >= 11 is 0. The van der Waals surface area contributed by atoms with Crippen LogP contribution in [0.4, 0.5) is 18.9 Å². The maximum Gasteiger partial charge on any atom is 0.241 e. The van der Waals surface area contributed by atoms with Gasteiger partial charge >= 0.3 is 0 Å². The summed E-state index contributed by atoms with van der Waals surface area (Å²) in [5.41, 5.74) is 1.79. The Morgan fingerprint density at radius 3 is 2.46 bits per heavy atom. The first kappa shape index (κ1) is 18.0. The number of rotatable bonds is 5. The fourth-order valence-electron chi connectivity index (χ4n) is 2.25. The van der Waals surface area contributed by atoms with Crippen molar-refractivity contribution in [3.8, 4) is 0 Å². The summed E-state index contributed by atoms with van der Waals surface area (Å²) in [6.45, 7) is 4.16. The summed E-state index contributed by atoms with van der Waals surface area (Å²) < 4.78 is 39.8. The van der Waals surface area contributed by atoms with E-state index in [0.717, 1.165) is 23.3 Å². The summed E-state index contributed by atoms with van der Waals surface area (Å²) in [6.07, 6.45) is 0. The van der Waals surface area contributed by atoms with Crippen LogP contribution in [0.2, 0.25) is 0 Å². The molecule has 0 aliphatic heterocycles. The molecule has 0 saturated heterocycles. The lowest BCUT2D eigenvalue weighted by Gasteiger charge is -2.24. The normalized spacial score (nSPS) is 12.3. The highest BCUT2D eigenvalue weighted by molar-refractivity contribution is 5.94. The average Bonchev–Trinajstić information content (AvgIpc) is 2.56. The molecule has 2 aromatic rings. The number of nitrogens with one attached hydrogen (secondary N) is 1. The molecule has 6 heteroatoms. The van der Waals surface area contributed by atoms with Crippen LogP contribution in [0, 0.1) is 24.4 Å². The second-order valence-corrected chi connectivity index (χ2v) is 5.73. The standard InChI is InChI=1S/C18H19F3N2O/c1-11-6-4-5-7-13(11)10-23(3)12(2)18(24)22-15-9-8-14(19)16(20)17(15)21/h4-9,12H,10H2,1-3H3,(H,22,24)/t12-/m1/s1. The quantitative estimate of drug-likeness (QED) is 0.841. The predicted octanol–water partition coefficient (Wildman–Crippen LogP) is 3.87. The highest BCUT2D eigenvalue weighted by atomic mass is 19.2. The van der Waals surface area contributed by atoms with Crippen LogP contribution < -0.4 is 5.32 Å². The first-order valence-corrected chi connectivity index (χ1v) is 7.50. The van der Waals surface area contributed by atoms with Crippen LogP contribution in [-0.2, 0) is 11.3 Å². The Morgan fingerprint density at radius 1 is 1.12 bits per heavy atom. The van der Waals surface area contributed by atoms with Crippen LogP contribution in [0.15, 0.2) is 36.4 Å². The third kappa shape index (κ3) is 3.94. The van der Waals surface area contributed by atoms with Gasteiger partial charge in [0.1, 0.15) is 0 Å². The molecule has 0 radical (unpaired) electrons. The second kappa shape index (κ2) is 7.49. The summed E-state index contributed by atoms with van der Waals surface area (Å²) in [5.74, 6) is -4.81. The average molecular weight is 336 g/mol. The molecule has 0 bridgehead atoms. The van der Waals surface area contributed by atoms with Crippen molar-refractivity contribution in [3.63, 3.8) is 0 Å². The largest absolute Gasteiger partial charge is 0.322 e. The van der Waals surface area contributed by atoms with E-state index in [1.807, 2.05) is 31.2 Å². The number of hydrogen-bond donors (Lipinski definition) is 1. The van der Waals surface area contributed by atoms with Gasteiger partial charge in [-0.2, -0.15) is 0 Å². The zero-order chi connectivity index (χ0) is 17.9. The van der Waals surface area contributed by atoms with Gasteiger partial charge in [0.25, 0.3) is 0 Å². The van der Waals surface area contributed by atoms with Crippen molar-refractivity contribution >= 4 is 11.6 Å². The molecule has 0 aliphatic carbocycles. The number of halogens is 3. The first-order valence-electron chi connectivity index (χ1n) is 7.50. The second-order valence-electron chi connectivity index (χ2n) is 5.73. The zero-order valence-electron chi connectivity index (χ0n) is 13.7. The Labute approximate surface area is 139 Å². The molecule has 1 amide bonds. The molecule has 0 fully saturated rings. The number of carbonyl (C=O) groups excluding carboxylic acids is 1. The Hall–Kier alpha value is -2.34. The van der Waals surface area contributed by atoms with E-state index >= 15 is 0 Å². The van der Waals surface area contributed by atoms with Gasteiger partial charge in [0, 0.05) is 6.54 Å². The SMILES string of the molecule is Cc1ccccc1CN(C)[C@H](C)C(=O)Nc1ccc(F)c(F)c1F. The molecule has 2 aromatic carbocycles. The number of amides is 1. The van der Waals surface area contributed by atoms with E-state index in [9.17, 15) is 18.0 Å². The van der Waals surface area contributed by atoms with Crippen LogP contribution in [0.5, 0.6) is 0 Å². The van der Waals surface area contributed by atoms with Crippen molar-refractivity contribution in [1.29, 1.82) is 0 Å². The first-order chi connectivity index (χ1) is 11.3. The number of benzene rings is 2. The molecule has 0 aromatic heterocycles. The molecule has 0 saturated carbocycles. The molecule has 0 heterocycles. The van der Waals surface area contributed by atoms with Crippen molar-refractivity contribution in [3.05, 3.63) is 65.0 Å². The lowest BCUT2D eigenvalue weighted by molar-refractivity contribution is -0.120. The maximum absolute atomic E-state index is 13.6. The van der Waals surface area contributed by atoms with Crippen molar-refractivity contribution in [1.82, 2.24) is 4.90 Å². The van der Waals surface area contributed by atoms with Crippen molar-refractivity contribution in [2.45, 2.75) is 26.4 Å². The maximum atomic E-state index is 13.6. The highest BCUT2D eigenvalue weighted by Gasteiger charge is 2.21. The molecule has 2 rings (SSSR count). The molecule has 128 valence electrons. The van der Waals surface area contributed by atoms with Crippen LogP contribution in [0.25, 0.3) is 0 Å². The number of likely N-dealkylation sites (N-methyl/N-ethyl adjacent to an activating group) is 1. The van der Waals surface area contributed by atoms with Gasteiger partial charge in [-0.3, -0.25) is 9.69 Å².